The van der Waals surface area contributed by atoms with Crippen LogP contribution in [-0.4, -0.2) is 24.8 Å². The minimum Gasteiger partial charge on any atom is -0.297 e. The fourth-order valence-corrected chi connectivity index (χ4v) is 2.00. The number of rotatable bonds is 3. The molecule has 0 radical (unpaired) electrons. The lowest BCUT2D eigenvalue weighted by molar-refractivity contribution is -0.131. The molecule has 1 unspecified atom stereocenters. The molecule has 1 aromatic rings. The van der Waals surface area contributed by atoms with Gasteiger partial charge in [-0.1, -0.05) is 50.6 Å². The van der Waals surface area contributed by atoms with Gasteiger partial charge in [0.2, 0.25) is 0 Å². The van der Waals surface area contributed by atoms with Crippen molar-refractivity contribution in [3.63, 3.8) is 0 Å². The lowest BCUT2D eigenvalue weighted by Crippen LogP contribution is -2.35. The van der Waals surface area contributed by atoms with Crippen LogP contribution in [0.15, 0.2) is 24.3 Å². The number of carbonyl (C=O) groups is 1. The Morgan fingerprint density at radius 1 is 1.24 bits per heavy atom. The second-order valence-corrected chi connectivity index (χ2v) is 5.91. The second kappa shape index (κ2) is 5.19. The van der Waals surface area contributed by atoms with E-state index >= 15 is 0 Å². The summed E-state index contributed by atoms with van der Waals surface area (Å²) in [5.41, 5.74) is 0.493. The van der Waals surface area contributed by atoms with E-state index in [9.17, 15) is 4.79 Å². The number of likely N-dealkylation sites (N-methyl/N-ethyl adjacent to an activating group) is 1. The maximum absolute atomic E-state index is 12.5. The third kappa shape index (κ3) is 3.30. The van der Waals surface area contributed by atoms with E-state index in [-0.39, 0.29) is 17.2 Å². The first-order valence-corrected chi connectivity index (χ1v) is 6.08. The SMILES string of the molecule is CN(C)C(C(=O)C(C)(C)C)c1ccccc1Cl. The summed E-state index contributed by atoms with van der Waals surface area (Å²) in [6.07, 6.45) is 0. The molecule has 0 bridgehead atoms. The zero-order chi connectivity index (χ0) is 13.2. The van der Waals surface area contributed by atoms with Crippen molar-refractivity contribution in [1.82, 2.24) is 4.90 Å². The molecule has 0 saturated heterocycles. The molecule has 0 aromatic heterocycles. The van der Waals surface area contributed by atoms with Gasteiger partial charge in [-0.25, -0.2) is 0 Å². The predicted octanol–water partition coefficient (Wildman–Crippen LogP) is 3.56. The summed E-state index contributed by atoms with van der Waals surface area (Å²) in [6, 6.07) is 7.23. The van der Waals surface area contributed by atoms with Crippen molar-refractivity contribution in [3.8, 4) is 0 Å². The third-order valence-electron chi connectivity index (χ3n) is 2.70. The van der Waals surface area contributed by atoms with Crippen molar-refractivity contribution in [2.45, 2.75) is 26.8 Å². The Morgan fingerprint density at radius 3 is 2.18 bits per heavy atom. The van der Waals surface area contributed by atoms with Crippen LogP contribution >= 0.6 is 11.6 Å². The normalized spacial score (nSPS) is 13.8. The Kier molecular flexibility index (Phi) is 4.34. The second-order valence-electron chi connectivity index (χ2n) is 5.50. The van der Waals surface area contributed by atoms with Gasteiger partial charge in [0.1, 0.15) is 0 Å². The molecule has 3 heteroatoms. The molecule has 0 heterocycles. The number of hydrogen-bond acceptors (Lipinski definition) is 2. The highest BCUT2D eigenvalue weighted by Gasteiger charge is 2.33. The smallest absolute Gasteiger partial charge is 0.159 e. The van der Waals surface area contributed by atoms with Crippen LogP contribution in [0.3, 0.4) is 0 Å². The third-order valence-corrected chi connectivity index (χ3v) is 3.05. The summed E-state index contributed by atoms with van der Waals surface area (Å²) in [5.74, 6) is 0.176. The van der Waals surface area contributed by atoms with E-state index in [1.54, 1.807) is 0 Å². The van der Waals surface area contributed by atoms with Crippen LogP contribution in [0.25, 0.3) is 0 Å². The van der Waals surface area contributed by atoms with Crippen molar-refractivity contribution >= 4 is 17.4 Å². The first-order valence-electron chi connectivity index (χ1n) is 5.70. The topological polar surface area (TPSA) is 20.3 Å². The van der Waals surface area contributed by atoms with Gasteiger partial charge in [-0.15, -0.1) is 0 Å². The van der Waals surface area contributed by atoms with E-state index in [4.69, 9.17) is 11.6 Å². The van der Waals surface area contributed by atoms with E-state index in [1.165, 1.54) is 0 Å². The van der Waals surface area contributed by atoms with Crippen LogP contribution < -0.4 is 0 Å². The minimum absolute atomic E-state index is 0.176. The summed E-state index contributed by atoms with van der Waals surface area (Å²) in [6.45, 7) is 5.80. The maximum atomic E-state index is 12.5. The molecular weight excluding hydrogens is 234 g/mol. The molecule has 1 rings (SSSR count). The Hall–Kier alpha value is -0.860. The zero-order valence-corrected chi connectivity index (χ0v) is 11.9. The van der Waals surface area contributed by atoms with Gasteiger partial charge < -0.3 is 0 Å². The van der Waals surface area contributed by atoms with E-state index < -0.39 is 0 Å². The number of benzene rings is 1. The van der Waals surface area contributed by atoms with Crippen LogP contribution in [0.4, 0.5) is 0 Å². The van der Waals surface area contributed by atoms with Crippen LogP contribution in [0.2, 0.25) is 5.02 Å². The van der Waals surface area contributed by atoms with Crippen LogP contribution in [0.1, 0.15) is 32.4 Å². The first kappa shape index (κ1) is 14.2. The van der Waals surface area contributed by atoms with E-state index in [1.807, 2.05) is 64.0 Å². The number of hydrogen-bond donors (Lipinski definition) is 0. The molecule has 0 saturated carbocycles. The standard InChI is InChI=1S/C14H20ClNO/c1-14(2,3)13(17)12(16(4)5)10-8-6-7-9-11(10)15/h6-9,12H,1-5H3. The van der Waals surface area contributed by atoms with Crippen LogP contribution in [0.5, 0.6) is 0 Å². The van der Waals surface area contributed by atoms with Crippen molar-refractivity contribution in [2.75, 3.05) is 14.1 Å². The van der Waals surface area contributed by atoms with Gasteiger partial charge >= 0.3 is 0 Å². The largest absolute Gasteiger partial charge is 0.297 e. The summed E-state index contributed by atoms with van der Waals surface area (Å²) >= 11 is 6.18. The van der Waals surface area contributed by atoms with E-state index in [0.29, 0.717) is 5.02 Å². The summed E-state index contributed by atoms with van der Waals surface area (Å²) in [4.78, 5) is 14.4. The molecule has 0 spiro atoms. The van der Waals surface area contributed by atoms with Crippen molar-refractivity contribution in [3.05, 3.63) is 34.9 Å². The highest BCUT2D eigenvalue weighted by atomic mass is 35.5. The monoisotopic (exact) mass is 253 g/mol. The van der Waals surface area contributed by atoms with E-state index in [2.05, 4.69) is 0 Å². The average Bonchev–Trinajstić information content (AvgIpc) is 2.19. The lowest BCUT2D eigenvalue weighted by Gasteiger charge is -2.30. The first-order chi connectivity index (χ1) is 7.75. The van der Waals surface area contributed by atoms with E-state index in [0.717, 1.165) is 5.56 Å². The van der Waals surface area contributed by atoms with Crippen LogP contribution in [-0.2, 0) is 4.79 Å². The van der Waals surface area contributed by atoms with Gasteiger partial charge in [-0.2, -0.15) is 0 Å². The maximum Gasteiger partial charge on any atom is 0.159 e. The fraction of sp³-hybridized carbons (Fsp3) is 0.500. The number of Topliss-reactive ketones (excluding diaryl/α,β-unsaturated/α-hetero) is 1. The molecule has 1 atom stereocenters. The van der Waals surface area contributed by atoms with Crippen molar-refractivity contribution in [1.29, 1.82) is 0 Å². The summed E-state index contributed by atoms with van der Waals surface area (Å²) < 4.78 is 0. The van der Waals surface area contributed by atoms with Gasteiger partial charge in [0.15, 0.2) is 5.78 Å². The van der Waals surface area contributed by atoms with Gasteiger partial charge in [0.25, 0.3) is 0 Å². The molecule has 0 aliphatic rings. The van der Waals surface area contributed by atoms with Gasteiger partial charge in [-0.05, 0) is 25.7 Å². The molecular formula is C14H20ClNO. The summed E-state index contributed by atoms with van der Waals surface area (Å²) in [5, 5.41) is 0.642. The number of halogens is 1. The molecule has 2 nitrogen and oxygen atoms in total. The summed E-state index contributed by atoms with van der Waals surface area (Å²) in [7, 11) is 3.80. The number of nitrogens with zero attached hydrogens (tertiary/aromatic N) is 1. The lowest BCUT2D eigenvalue weighted by atomic mass is 9.83. The molecule has 0 aliphatic carbocycles. The molecule has 0 aliphatic heterocycles. The average molecular weight is 254 g/mol. The Balaban J connectivity index is 3.20. The fourth-order valence-electron chi connectivity index (χ4n) is 1.76. The Labute approximate surface area is 109 Å². The van der Waals surface area contributed by atoms with Crippen LogP contribution in [0, 0.1) is 5.41 Å². The number of carbonyl (C=O) groups excluding carboxylic acids is 1. The highest BCUT2D eigenvalue weighted by Crippen LogP contribution is 2.32. The molecule has 0 fully saturated rings. The Bertz CT molecular complexity index is 407. The number of ketones is 1. The molecule has 1 aromatic carbocycles. The Morgan fingerprint density at radius 2 is 1.76 bits per heavy atom. The molecule has 0 amide bonds. The van der Waals surface area contributed by atoms with Gasteiger partial charge in [0.05, 0.1) is 6.04 Å². The highest BCUT2D eigenvalue weighted by molar-refractivity contribution is 6.31. The molecule has 94 valence electrons. The minimum atomic E-state index is -0.381. The molecule has 17 heavy (non-hydrogen) atoms. The van der Waals surface area contributed by atoms with Gasteiger partial charge in [-0.3, -0.25) is 9.69 Å². The van der Waals surface area contributed by atoms with Gasteiger partial charge in [0, 0.05) is 10.4 Å². The predicted molar refractivity (Wildman–Crippen MR) is 72.3 cm³/mol. The molecule has 0 N–H and O–H groups in total. The quantitative estimate of drug-likeness (QED) is 0.821. The van der Waals surface area contributed by atoms with Crippen molar-refractivity contribution in [2.24, 2.45) is 5.41 Å². The zero-order valence-electron chi connectivity index (χ0n) is 11.1. The van der Waals surface area contributed by atoms with Crippen molar-refractivity contribution < 1.29 is 4.79 Å².